The van der Waals surface area contributed by atoms with Gasteiger partial charge in [-0.1, -0.05) is 18.2 Å². The monoisotopic (exact) mass is 298 g/mol. The molecule has 0 bridgehead atoms. The first-order valence-corrected chi connectivity index (χ1v) is 8.78. The van der Waals surface area contributed by atoms with Crippen LogP contribution in [0.2, 0.25) is 0 Å². The Bertz CT molecular complexity index is 691. The summed E-state index contributed by atoms with van der Waals surface area (Å²) >= 11 is 1.95. The van der Waals surface area contributed by atoms with Gasteiger partial charge in [0.15, 0.2) is 5.82 Å². The molecule has 0 spiro atoms. The largest absolute Gasteiger partial charge is 0.312 e. The van der Waals surface area contributed by atoms with Crippen LogP contribution in [0.4, 0.5) is 0 Å². The number of hydrogen-bond donors (Lipinski definition) is 1. The third-order valence-corrected chi connectivity index (χ3v) is 6.07. The Morgan fingerprint density at radius 1 is 1.14 bits per heavy atom. The molecule has 1 fully saturated rings. The molecule has 108 valence electrons. The molecule has 5 heteroatoms. The maximum absolute atomic E-state index is 4.60. The molecular weight excluding hydrogens is 280 g/mol. The van der Waals surface area contributed by atoms with Gasteiger partial charge in [-0.25, -0.2) is 0 Å². The van der Waals surface area contributed by atoms with E-state index in [9.17, 15) is 0 Å². The third-order valence-electron chi connectivity index (χ3n) is 4.89. The van der Waals surface area contributed by atoms with E-state index in [-0.39, 0.29) is 0 Å². The molecule has 1 aliphatic carbocycles. The highest BCUT2D eigenvalue weighted by Gasteiger charge is 2.39. The molecule has 3 aliphatic rings. The number of nitrogens with one attached hydrogen (secondary N) is 1. The second kappa shape index (κ2) is 4.58. The van der Waals surface area contributed by atoms with Crippen molar-refractivity contribution in [3.63, 3.8) is 0 Å². The van der Waals surface area contributed by atoms with Crippen molar-refractivity contribution in [2.45, 2.75) is 36.2 Å². The van der Waals surface area contributed by atoms with E-state index in [1.54, 1.807) is 0 Å². The van der Waals surface area contributed by atoms with Gasteiger partial charge in [0, 0.05) is 23.7 Å². The summed E-state index contributed by atoms with van der Waals surface area (Å²) in [5, 5.41) is 12.8. The van der Waals surface area contributed by atoms with E-state index in [4.69, 9.17) is 0 Å². The Labute approximate surface area is 128 Å². The second-order valence-corrected chi connectivity index (χ2v) is 7.30. The average Bonchev–Trinajstić information content (AvgIpc) is 3.14. The summed E-state index contributed by atoms with van der Waals surface area (Å²) in [6.45, 7) is 2.05. The third kappa shape index (κ3) is 1.87. The summed E-state index contributed by atoms with van der Waals surface area (Å²) in [5.41, 5.74) is 1.43. The maximum Gasteiger partial charge on any atom is 0.150 e. The highest BCUT2D eigenvalue weighted by atomic mass is 32.2. The number of aromatic nitrogens is 3. The number of thioether (sulfide) groups is 1. The predicted molar refractivity (Wildman–Crippen MR) is 82.5 cm³/mol. The van der Waals surface area contributed by atoms with Crippen LogP contribution in [0.3, 0.4) is 0 Å². The van der Waals surface area contributed by atoms with Crippen LogP contribution < -0.4 is 5.32 Å². The van der Waals surface area contributed by atoms with E-state index < -0.39 is 0 Å². The molecule has 21 heavy (non-hydrogen) atoms. The van der Waals surface area contributed by atoms with Gasteiger partial charge >= 0.3 is 0 Å². The molecule has 1 N–H and O–H groups in total. The summed E-state index contributed by atoms with van der Waals surface area (Å²) in [5.74, 6) is 4.64. The van der Waals surface area contributed by atoms with E-state index in [1.165, 1.54) is 34.9 Å². The van der Waals surface area contributed by atoms with Crippen molar-refractivity contribution >= 4 is 11.8 Å². The Kier molecular flexibility index (Phi) is 2.67. The molecule has 2 atom stereocenters. The first-order chi connectivity index (χ1) is 10.4. The van der Waals surface area contributed by atoms with Crippen LogP contribution in [0.5, 0.6) is 0 Å². The average molecular weight is 298 g/mol. The lowest BCUT2D eigenvalue weighted by atomic mass is 10.00. The lowest BCUT2D eigenvalue weighted by Gasteiger charge is -2.26. The molecule has 0 radical (unpaired) electrons. The van der Waals surface area contributed by atoms with Gasteiger partial charge in [-0.3, -0.25) is 0 Å². The van der Waals surface area contributed by atoms with Gasteiger partial charge in [-0.15, -0.1) is 22.0 Å². The molecule has 0 amide bonds. The van der Waals surface area contributed by atoms with Crippen molar-refractivity contribution in [2.75, 3.05) is 12.3 Å². The van der Waals surface area contributed by atoms with Crippen LogP contribution in [-0.4, -0.2) is 27.1 Å². The maximum atomic E-state index is 4.60. The molecule has 1 aromatic heterocycles. The van der Waals surface area contributed by atoms with E-state index in [2.05, 4.69) is 44.3 Å². The molecule has 1 saturated carbocycles. The van der Waals surface area contributed by atoms with E-state index >= 15 is 0 Å². The number of fused-ring (bicyclic) bond motifs is 2. The molecule has 5 rings (SSSR count). The highest BCUT2D eigenvalue weighted by molar-refractivity contribution is 7.99. The standard InChI is InChI=1S/C16H18N4S/c1-2-4-13-11(3-1)12(9-21-13)15-18-19-16-14(10-5-6-10)17-7-8-20(15)16/h1-4,10,12,14,17H,5-9H2. The minimum Gasteiger partial charge on any atom is -0.312 e. The molecule has 2 aliphatic heterocycles. The number of nitrogens with zero attached hydrogens (tertiary/aromatic N) is 3. The Morgan fingerprint density at radius 2 is 2.00 bits per heavy atom. The molecule has 4 nitrogen and oxygen atoms in total. The van der Waals surface area contributed by atoms with Crippen LogP contribution in [0.25, 0.3) is 0 Å². The van der Waals surface area contributed by atoms with Crippen LogP contribution >= 0.6 is 11.8 Å². The molecule has 1 aromatic carbocycles. The first kappa shape index (κ1) is 12.2. The topological polar surface area (TPSA) is 42.7 Å². The van der Waals surface area contributed by atoms with Crippen LogP contribution in [0, 0.1) is 5.92 Å². The second-order valence-electron chi connectivity index (χ2n) is 6.24. The van der Waals surface area contributed by atoms with Gasteiger partial charge in [0.2, 0.25) is 0 Å². The van der Waals surface area contributed by atoms with E-state index in [0.717, 1.165) is 24.8 Å². The Morgan fingerprint density at radius 3 is 2.90 bits per heavy atom. The van der Waals surface area contributed by atoms with E-state index in [0.29, 0.717) is 12.0 Å². The Hall–Kier alpha value is -1.33. The highest BCUT2D eigenvalue weighted by Crippen LogP contribution is 2.45. The molecule has 2 aromatic rings. The smallest absolute Gasteiger partial charge is 0.150 e. The normalized spacial score (nSPS) is 27.4. The van der Waals surface area contributed by atoms with Gasteiger partial charge < -0.3 is 9.88 Å². The summed E-state index contributed by atoms with van der Waals surface area (Å²) in [6.07, 6.45) is 2.67. The van der Waals surface area contributed by atoms with Gasteiger partial charge in [-0.2, -0.15) is 0 Å². The molecular formula is C16H18N4S. The van der Waals surface area contributed by atoms with Gasteiger partial charge in [-0.05, 0) is 30.4 Å². The van der Waals surface area contributed by atoms with Crippen molar-refractivity contribution in [3.8, 4) is 0 Å². The minimum atomic E-state index is 0.408. The summed E-state index contributed by atoms with van der Waals surface area (Å²) in [4.78, 5) is 1.41. The van der Waals surface area contributed by atoms with E-state index in [1.807, 2.05) is 11.8 Å². The summed E-state index contributed by atoms with van der Waals surface area (Å²) in [6, 6.07) is 9.17. The lowest BCUT2D eigenvalue weighted by molar-refractivity contribution is 0.376. The number of hydrogen-bond acceptors (Lipinski definition) is 4. The summed E-state index contributed by atoms with van der Waals surface area (Å²) < 4.78 is 2.40. The van der Waals surface area contributed by atoms with Crippen molar-refractivity contribution in [3.05, 3.63) is 41.5 Å². The quantitative estimate of drug-likeness (QED) is 0.925. The van der Waals surface area contributed by atoms with Crippen LogP contribution in [-0.2, 0) is 6.54 Å². The first-order valence-electron chi connectivity index (χ1n) is 7.80. The minimum absolute atomic E-state index is 0.408. The lowest BCUT2D eigenvalue weighted by Crippen LogP contribution is -2.35. The fraction of sp³-hybridized carbons (Fsp3) is 0.500. The zero-order valence-corrected chi connectivity index (χ0v) is 12.6. The molecule has 0 saturated heterocycles. The molecule has 3 heterocycles. The fourth-order valence-corrected chi connectivity index (χ4v) is 4.88. The molecule has 2 unspecified atom stereocenters. The Balaban J connectivity index is 1.56. The zero-order valence-electron chi connectivity index (χ0n) is 11.8. The van der Waals surface area contributed by atoms with Crippen molar-refractivity contribution in [2.24, 2.45) is 5.92 Å². The van der Waals surface area contributed by atoms with Gasteiger partial charge in [0.25, 0.3) is 0 Å². The van der Waals surface area contributed by atoms with Crippen molar-refractivity contribution in [1.29, 1.82) is 0 Å². The van der Waals surface area contributed by atoms with Gasteiger partial charge in [0.1, 0.15) is 5.82 Å². The van der Waals surface area contributed by atoms with Crippen molar-refractivity contribution < 1.29 is 0 Å². The van der Waals surface area contributed by atoms with Crippen LogP contribution in [0.1, 0.15) is 42.0 Å². The number of rotatable bonds is 2. The van der Waals surface area contributed by atoms with Crippen molar-refractivity contribution in [1.82, 2.24) is 20.1 Å². The summed E-state index contributed by atoms with van der Waals surface area (Å²) in [7, 11) is 0. The van der Waals surface area contributed by atoms with Crippen LogP contribution in [0.15, 0.2) is 29.2 Å². The SMILES string of the molecule is c1ccc2c(c1)SCC2c1nnc2n1CCNC2C1CC1. The van der Waals surface area contributed by atoms with Gasteiger partial charge in [0.05, 0.1) is 12.0 Å². The number of benzene rings is 1. The zero-order chi connectivity index (χ0) is 13.8. The fourth-order valence-electron chi connectivity index (χ4n) is 3.65. The predicted octanol–water partition coefficient (Wildman–Crippen LogP) is 2.57.